The van der Waals surface area contributed by atoms with E-state index in [4.69, 9.17) is 16.9 Å². The average molecular weight is 223 g/mol. The van der Waals surface area contributed by atoms with E-state index < -0.39 is 0 Å². The fraction of sp³-hybridized carbons (Fsp3) is 0.300. The molecule has 1 aromatic heterocycles. The first-order chi connectivity index (χ1) is 7.13. The molecule has 0 saturated carbocycles. The molecule has 5 heteroatoms. The van der Waals surface area contributed by atoms with E-state index in [2.05, 4.69) is 9.98 Å². The molecule has 1 aromatic rings. The van der Waals surface area contributed by atoms with Gasteiger partial charge in [0.2, 0.25) is 6.19 Å². The number of aliphatic imine (C=N–C) groups is 1. The van der Waals surface area contributed by atoms with Gasteiger partial charge in [-0.15, -0.1) is 0 Å². The van der Waals surface area contributed by atoms with E-state index in [1.807, 2.05) is 18.0 Å². The Hall–Kier alpha value is -1.60. The van der Waals surface area contributed by atoms with Gasteiger partial charge in [0.1, 0.15) is 11.0 Å². The van der Waals surface area contributed by atoms with Crippen molar-refractivity contribution in [2.75, 3.05) is 7.05 Å². The van der Waals surface area contributed by atoms with Crippen molar-refractivity contribution in [3.63, 3.8) is 0 Å². The number of pyridine rings is 1. The summed E-state index contributed by atoms with van der Waals surface area (Å²) in [4.78, 5) is 9.48. The molecule has 0 radical (unpaired) electrons. The number of aromatic nitrogens is 1. The van der Waals surface area contributed by atoms with Crippen LogP contribution in [0.2, 0.25) is 5.15 Å². The lowest BCUT2D eigenvalue weighted by Gasteiger charge is -2.17. The summed E-state index contributed by atoms with van der Waals surface area (Å²) in [6.07, 6.45) is 3.46. The molecule has 0 aliphatic rings. The molecule has 0 spiro atoms. The van der Waals surface area contributed by atoms with Crippen LogP contribution in [0, 0.1) is 11.5 Å². The zero-order chi connectivity index (χ0) is 11.3. The Labute approximate surface area is 93.8 Å². The predicted molar refractivity (Wildman–Crippen MR) is 59.4 cm³/mol. The fourth-order valence-electron chi connectivity index (χ4n) is 1.05. The van der Waals surface area contributed by atoms with Crippen LogP contribution in [0.15, 0.2) is 23.3 Å². The number of hydrogen-bond acceptors (Lipinski definition) is 3. The third-order valence-corrected chi connectivity index (χ3v) is 2.20. The van der Waals surface area contributed by atoms with Gasteiger partial charge in [-0.05, 0) is 18.6 Å². The van der Waals surface area contributed by atoms with E-state index in [0.717, 1.165) is 5.56 Å². The molecule has 0 amide bonds. The number of hydrogen-bond donors (Lipinski definition) is 0. The molecule has 0 fully saturated rings. The van der Waals surface area contributed by atoms with Crippen LogP contribution in [0.5, 0.6) is 0 Å². The van der Waals surface area contributed by atoms with Gasteiger partial charge >= 0.3 is 0 Å². The predicted octanol–water partition coefficient (Wildman–Crippen LogP) is 2.07. The fourth-order valence-corrected chi connectivity index (χ4v) is 1.16. The van der Waals surface area contributed by atoms with Crippen LogP contribution in [0.3, 0.4) is 0 Å². The monoisotopic (exact) mass is 222 g/mol. The van der Waals surface area contributed by atoms with Crippen LogP contribution in [0.25, 0.3) is 0 Å². The van der Waals surface area contributed by atoms with Crippen LogP contribution in [-0.2, 0) is 6.54 Å². The number of rotatable bonds is 2. The number of amidine groups is 1. The Morgan fingerprint density at radius 2 is 2.40 bits per heavy atom. The summed E-state index contributed by atoms with van der Waals surface area (Å²) < 4.78 is 0. The summed E-state index contributed by atoms with van der Waals surface area (Å²) in [5.74, 6) is 0.674. The third kappa shape index (κ3) is 3.56. The van der Waals surface area contributed by atoms with Crippen LogP contribution in [-0.4, -0.2) is 22.8 Å². The first-order valence-electron chi connectivity index (χ1n) is 4.38. The molecule has 0 bridgehead atoms. The Bertz CT molecular complexity index is 391. The summed E-state index contributed by atoms with van der Waals surface area (Å²) in [7, 11) is 1.87. The summed E-state index contributed by atoms with van der Waals surface area (Å²) in [6, 6.07) is 3.63. The van der Waals surface area contributed by atoms with Crippen LogP contribution < -0.4 is 0 Å². The molecule has 0 saturated heterocycles. The number of nitrogens with zero attached hydrogens (tertiary/aromatic N) is 4. The van der Waals surface area contributed by atoms with Crippen LogP contribution in [0.1, 0.15) is 12.5 Å². The molecule has 0 unspecified atom stereocenters. The highest BCUT2D eigenvalue weighted by molar-refractivity contribution is 6.29. The van der Waals surface area contributed by atoms with Crippen molar-refractivity contribution in [3.05, 3.63) is 29.0 Å². The SMILES string of the molecule is C/C(=N/C#N)N(C)Cc1ccc(Cl)nc1. The molecule has 0 N–H and O–H groups in total. The van der Waals surface area contributed by atoms with Crippen molar-refractivity contribution >= 4 is 17.4 Å². The van der Waals surface area contributed by atoms with Gasteiger partial charge in [-0.2, -0.15) is 10.3 Å². The first kappa shape index (κ1) is 11.5. The molecular formula is C10H11ClN4. The molecule has 0 aromatic carbocycles. The van der Waals surface area contributed by atoms with Crippen LogP contribution >= 0.6 is 11.6 Å². The minimum absolute atomic E-state index is 0.476. The van der Waals surface area contributed by atoms with E-state index in [-0.39, 0.29) is 0 Å². The maximum Gasteiger partial charge on any atom is 0.207 e. The molecule has 15 heavy (non-hydrogen) atoms. The van der Waals surface area contributed by atoms with Crippen molar-refractivity contribution in [2.24, 2.45) is 4.99 Å². The lowest BCUT2D eigenvalue weighted by atomic mass is 10.3. The van der Waals surface area contributed by atoms with Crippen molar-refractivity contribution in [2.45, 2.75) is 13.5 Å². The Kier molecular flexibility index (Phi) is 4.07. The largest absolute Gasteiger partial charge is 0.358 e. The number of halogens is 1. The molecule has 1 rings (SSSR count). The Morgan fingerprint density at radius 3 is 2.93 bits per heavy atom. The van der Waals surface area contributed by atoms with Gasteiger partial charge in [0.15, 0.2) is 0 Å². The first-order valence-corrected chi connectivity index (χ1v) is 4.76. The molecule has 0 aliphatic carbocycles. The van der Waals surface area contributed by atoms with Crippen molar-refractivity contribution in [1.82, 2.24) is 9.88 Å². The second-order valence-electron chi connectivity index (χ2n) is 3.10. The highest BCUT2D eigenvalue weighted by Crippen LogP contribution is 2.07. The van der Waals surface area contributed by atoms with Crippen molar-refractivity contribution in [3.8, 4) is 6.19 Å². The second-order valence-corrected chi connectivity index (χ2v) is 3.49. The van der Waals surface area contributed by atoms with Gasteiger partial charge in [-0.1, -0.05) is 17.7 Å². The summed E-state index contributed by atoms with van der Waals surface area (Å²) in [6.45, 7) is 2.44. The van der Waals surface area contributed by atoms with E-state index in [9.17, 15) is 0 Å². The molecule has 4 nitrogen and oxygen atoms in total. The third-order valence-electron chi connectivity index (χ3n) is 1.97. The number of nitriles is 1. The molecule has 0 aliphatic heterocycles. The van der Waals surface area contributed by atoms with Gasteiger partial charge < -0.3 is 4.90 Å². The van der Waals surface area contributed by atoms with Gasteiger partial charge in [-0.25, -0.2) is 4.98 Å². The molecule has 0 atom stereocenters. The van der Waals surface area contributed by atoms with E-state index in [1.54, 1.807) is 25.4 Å². The average Bonchev–Trinajstić information content (AvgIpc) is 2.22. The van der Waals surface area contributed by atoms with Crippen molar-refractivity contribution < 1.29 is 0 Å². The van der Waals surface area contributed by atoms with Crippen LogP contribution in [0.4, 0.5) is 0 Å². The zero-order valence-electron chi connectivity index (χ0n) is 8.61. The summed E-state index contributed by atoms with van der Waals surface area (Å²) in [5, 5.41) is 8.87. The van der Waals surface area contributed by atoms with Gasteiger partial charge in [-0.3, -0.25) is 0 Å². The van der Waals surface area contributed by atoms with E-state index >= 15 is 0 Å². The smallest absolute Gasteiger partial charge is 0.207 e. The highest BCUT2D eigenvalue weighted by Gasteiger charge is 2.02. The molecular weight excluding hydrogens is 212 g/mol. The minimum atomic E-state index is 0.476. The lowest BCUT2D eigenvalue weighted by molar-refractivity contribution is 0.497. The van der Waals surface area contributed by atoms with E-state index in [1.165, 1.54) is 0 Å². The lowest BCUT2D eigenvalue weighted by Crippen LogP contribution is -2.23. The maximum absolute atomic E-state index is 8.39. The second kappa shape index (κ2) is 5.32. The standard InChI is InChI=1S/C10H11ClN4/c1-8(14-7-12)15(2)6-9-3-4-10(11)13-5-9/h3-5H,6H2,1-2H3/b14-8-. The normalized spacial score (nSPS) is 10.9. The maximum atomic E-state index is 8.39. The summed E-state index contributed by atoms with van der Waals surface area (Å²) >= 11 is 5.67. The Balaban J connectivity index is 2.67. The molecule has 78 valence electrons. The Morgan fingerprint density at radius 1 is 1.67 bits per heavy atom. The van der Waals surface area contributed by atoms with Gasteiger partial charge in [0.05, 0.1) is 0 Å². The van der Waals surface area contributed by atoms with Crippen molar-refractivity contribution in [1.29, 1.82) is 5.26 Å². The summed E-state index contributed by atoms with van der Waals surface area (Å²) in [5.41, 5.74) is 1.02. The molecule has 1 heterocycles. The van der Waals surface area contributed by atoms with E-state index in [0.29, 0.717) is 17.5 Å². The van der Waals surface area contributed by atoms with Gasteiger partial charge in [0, 0.05) is 19.8 Å². The van der Waals surface area contributed by atoms with Gasteiger partial charge in [0.25, 0.3) is 0 Å². The minimum Gasteiger partial charge on any atom is -0.358 e. The zero-order valence-corrected chi connectivity index (χ0v) is 9.36. The topological polar surface area (TPSA) is 52.3 Å². The highest BCUT2D eigenvalue weighted by atomic mass is 35.5. The quantitative estimate of drug-likeness (QED) is 0.333.